The Morgan fingerprint density at radius 2 is 2.03 bits per heavy atom. The monoisotopic (exact) mass is 536 g/mol. The molecular weight excluding hydrogens is 509 g/mol. The first-order valence-corrected chi connectivity index (χ1v) is 13.0. The Morgan fingerprint density at radius 3 is 2.65 bits per heavy atom. The summed E-state index contributed by atoms with van der Waals surface area (Å²) in [5.74, 6) is -1.38. The van der Waals surface area contributed by atoms with Crippen molar-refractivity contribution < 1.29 is 32.3 Å². The van der Waals surface area contributed by atoms with Crippen molar-refractivity contribution in [3.8, 4) is 0 Å². The number of nitrogens with zero attached hydrogens (tertiary/aromatic N) is 1. The van der Waals surface area contributed by atoms with Gasteiger partial charge in [0.05, 0.1) is 16.8 Å². The van der Waals surface area contributed by atoms with Crippen molar-refractivity contribution in [3.63, 3.8) is 0 Å². The second-order valence-corrected chi connectivity index (χ2v) is 11.2. The third kappa shape index (κ3) is 4.45. The Balaban J connectivity index is 1.12. The maximum Gasteiger partial charge on any atom is 0.395 e. The molecule has 12 heteroatoms. The molecule has 0 radical (unpaired) electrons. The maximum absolute atomic E-state index is 13.6. The van der Waals surface area contributed by atoms with Crippen LogP contribution in [-0.2, 0) is 27.5 Å². The number of carbonyl (C=O) groups excluding carboxylic acids is 4. The van der Waals surface area contributed by atoms with E-state index in [1.54, 1.807) is 30.5 Å². The molecule has 0 bridgehead atoms. The Morgan fingerprint density at radius 1 is 1.27 bits per heavy atom. The van der Waals surface area contributed by atoms with E-state index in [0.717, 1.165) is 11.1 Å². The summed E-state index contributed by atoms with van der Waals surface area (Å²) in [6.07, 6.45) is 1.67. The average molecular weight is 537 g/mol. The largest absolute Gasteiger partial charge is 0.395 e. The number of fused-ring (bicyclic) bond motifs is 1. The fourth-order valence-electron chi connectivity index (χ4n) is 5.48. The summed E-state index contributed by atoms with van der Waals surface area (Å²) in [7, 11) is 0. The van der Waals surface area contributed by atoms with Gasteiger partial charge in [-0.05, 0) is 42.7 Å². The van der Waals surface area contributed by atoms with Crippen LogP contribution in [0.25, 0.3) is 0 Å². The van der Waals surface area contributed by atoms with Crippen LogP contribution < -0.4 is 16.0 Å². The predicted octanol–water partition coefficient (Wildman–Crippen LogP) is 2.91. The number of rotatable bonds is 7. The van der Waals surface area contributed by atoms with Crippen LogP contribution in [-0.4, -0.2) is 47.3 Å². The Kier molecular flexibility index (Phi) is 6.20. The number of nitrogens with one attached hydrogen (secondary N) is 3. The smallest absolute Gasteiger partial charge is 0.376 e. The maximum atomic E-state index is 13.6. The van der Waals surface area contributed by atoms with Crippen molar-refractivity contribution in [1.82, 2.24) is 20.9 Å². The van der Waals surface area contributed by atoms with E-state index in [4.69, 9.17) is 0 Å². The highest BCUT2D eigenvalue weighted by molar-refractivity contribution is 7.12. The van der Waals surface area contributed by atoms with E-state index < -0.39 is 29.0 Å². The zero-order chi connectivity index (χ0) is 26.6. The Labute approximate surface area is 215 Å². The minimum absolute atomic E-state index is 0.0506. The summed E-state index contributed by atoms with van der Waals surface area (Å²) in [6, 6.07) is -0.693. The molecule has 4 amide bonds. The van der Waals surface area contributed by atoms with Crippen LogP contribution in [0.3, 0.4) is 0 Å². The number of hydrogen-bond donors (Lipinski definition) is 3. The quantitative estimate of drug-likeness (QED) is 0.465. The highest BCUT2D eigenvalue weighted by Crippen LogP contribution is 2.69. The third-order valence-electron chi connectivity index (χ3n) is 8.04. The summed E-state index contributed by atoms with van der Waals surface area (Å²) >= 11 is 1.26. The number of amides is 4. The Hall–Kier alpha value is -3.15. The average Bonchev–Trinajstić information content (AvgIpc) is 3.51. The molecule has 2 aliphatic heterocycles. The van der Waals surface area contributed by atoms with Crippen molar-refractivity contribution in [2.45, 2.75) is 64.3 Å². The van der Waals surface area contributed by atoms with Crippen molar-refractivity contribution in [2.75, 3.05) is 6.54 Å². The molecule has 1 saturated heterocycles. The van der Waals surface area contributed by atoms with Gasteiger partial charge in [0.2, 0.25) is 17.7 Å². The van der Waals surface area contributed by atoms with Crippen LogP contribution in [0.1, 0.15) is 59.8 Å². The van der Waals surface area contributed by atoms with E-state index in [2.05, 4.69) is 16.0 Å². The summed E-state index contributed by atoms with van der Waals surface area (Å²) in [5.41, 5.74) is -0.495. The van der Waals surface area contributed by atoms with Gasteiger partial charge >= 0.3 is 6.18 Å². The summed E-state index contributed by atoms with van der Waals surface area (Å²) in [6.45, 7) is 2.02. The van der Waals surface area contributed by atoms with Crippen LogP contribution in [0.2, 0.25) is 0 Å². The molecule has 2 aliphatic carbocycles. The van der Waals surface area contributed by atoms with Gasteiger partial charge in [0.15, 0.2) is 0 Å². The standard InChI is InChI=1S/C25H27F3N4O4S/c1-23(24(8-9-24)25(26,27)28)6-4-15(5-7-23)29-11-19(34)30-10-14-13-37-20-16(14)12-32(22(20)36)17-2-3-18(33)31-21(17)35/h4-6,13,17,29H,2-3,7-12H2,1H3,(H,30,34)(H,31,33,35)/t17-,23?/m0/s1. The van der Waals surface area contributed by atoms with Crippen molar-refractivity contribution in [3.05, 3.63) is 45.3 Å². The third-order valence-corrected chi connectivity index (χ3v) is 9.10. The molecule has 4 aliphatic rings. The highest BCUT2D eigenvalue weighted by atomic mass is 32.1. The van der Waals surface area contributed by atoms with Crippen molar-refractivity contribution >= 4 is 35.0 Å². The van der Waals surface area contributed by atoms with Gasteiger partial charge in [0.25, 0.3) is 5.91 Å². The van der Waals surface area contributed by atoms with Crippen molar-refractivity contribution in [2.24, 2.45) is 10.8 Å². The minimum atomic E-state index is -4.24. The molecule has 0 aromatic carbocycles. The van der Waals surface area contributed by atoms with Crippen LogP contribution in [0, 0.1) is 10.8 Å². The topological polar surface area (TPSA) is 108 Å². The lowest BCUT2D eigenvalue weighted by Gasteiger charge is -2.38. The first kappa shape index (κ1) is 25.5. The molecule has 198 valence electrons. The van der Waals surface area contributed by atoms with Crippen LogP contribution in [0.4, 0.5) is 13.2 Å². The van der Waals surface area contributed by atoms with Crippen LogP contribution in [0.5, 0.6) is 0 Å². The lowest BCUT2D eigenvalue weighted by molar-refractivity contribution is -0.212. The fourth-order valence-corrected chi connectivity index (χ4v) is 6.52. The van der Waals surface area contributed by atoms with Gasteiger partial charge in [-0.1, -0.05) is 19.1 Å². The van der Waals surface area contributed by atoms with Gasteiger partial charge in [-0.2, -0.15) is 13.2 Å². The molecular formula is C25H27F3N4O4S. The van der Waals surface area contributed by atoms with Gasteiger partial charge in [0, 0.05) is 36.2 Å². The van der Waals surface area contributed by atoms with Gasteiger partial charge in [-0.25, -0.2) is 0 Å². The molecule has 5 rings (SSSR count). The molecule has 3 N–H and O–H groups in total. The van der Waals surface area contributed by atoms with E-state index in [1.807, 2.05) is 0 Å². The zero-order valence-corrected chi connectivity index (χ0v) is 21.0. The number of carbonyl (C=O) groups is 4. The molecule has 37 heavy (non-hydrogen) atoms. The number of thiophene rings is 1. The number of hydrogen-bond acceptors (Lipinski definition) is 6. The van der Waals surface area contributed by atoms with Gasteiger partial charge in [-0.3, -0.25) is 24.5 Å². The highest BCUT2D eigenvalue weighted by Gasteiger charge is 2.70. The van der Waals surface area contributed by atoms with Crippen LogP contribution in [0.15, 0.2) is 29.3 Å². The summed E-state index contributed by atoms with van der Waals surface area (Å²) in [4.78, 5) is 50.9. The van der Waals surface area contributed by atoms with Crippen molar-refractivity contribution in [1.29, 1.82) is 0 Å². The van der Waals surface area contributed by atoms with E-state index in [9.17, 15) is 32.3 Å². The molecule has 1 saturated carbocycles. The zero-order valence-electron chi connectivity index (χ0n) is 20.2. The number of alkyl halides is 3. The summed E-state index contributed by atoms with van der Waals surface area (Å²) < 4.78 is 40.7. The number of allylic oxidation sites excluding steroid dienone is 3. The molecule has 2 fully saturated rings. The van der Waals surface area contributed by atoms with E-state index in [-0.39, 0.29) is 69.5 Å². The van der Waals surface area contributed by atoms with E-state index >= 15 is 0 Å². The van der Waals surface area contributed by atoms with Crippen LogP contribution >= 0.6 is 11.3 Å². The molecule has 8 nitrogen and oxygen atoms in total. The first-order chi connectivity index (χ1) is 17.4. The molecule has 1 aromatic rings. The van der Waals surface area contributed by atoms with E-state index in [1.165, 1.54) is 16.2 Å². The molecule has 3 heterocycles. The lowest BCUT2D eigenvalue weighted by atomic mass is 9.69. The molecule has 1 unspecified atom stereocenters. The van der Waals surface area contributed by atoms with Gasteiger partial charge in [0.1, 0.15) is 6.04 Å². The SMILES string of the molecule is CC1(C2(C(F)(F)F)CC2)C=CC(NCC(=O)NCc2csc3c2CN([C@H]2CCC(=O)NC2=O)C3=O)=CC1. The van der Waals surface area contributed by atoms with Gasteiger partial charge < -0.3 is 15.5 Å². The molecule has 0 spiro atoms. The normalized spacial score (nSPS) is 26.5. The molecule has 1 aromatic heterocycles. The minimum Gasteiger partial charge on any atom is -0.376 e. The van der Waals surface area contributed by atoms with E-state index in [0.29, 0.717) is 10.6 Å². The lowest BCUT2D eigenvalue weighted by Crippen LogP contribution is -2.52. The summed E-state index contributed by atoms with van der Waals surface area (Å²) in [5, 5.41) is 9.84. The second-order valence-electron chi connectivity index (χ2n) is 10.3. The second kappa shape index (κ2) is 9.00. The predicted molar refractivity (Wildman–Crippen MR) is 128 cm³/mol. The number of piperidine rings is 1. The molecule has 2 atom stereocenters. The van der Waals surface area contributed by atoms with Gasteiger partial charge in [-0.15, -0.1) is 11.3 Å². The Bertz CT molecular complexity index is 1230. The fraction of sp³-hybridized carbons (Fsp3) is 0.520. The first-order valence-electron chi connectivity index (χ1n) is 12.1. The number of imide groups is 1. The number of halogens is 3.